The number of nitrogens with one attached hydrogen (secondary N) is 1. The van der Waals surface area contributed by atoms with Crippen LogP contribution in [0.5, 0.6) is 0 Å². The predicted molar refractivity (Wildman–Crippen MR) is 97.3 cm³/mol. The summed E-state index contributed by atoms with van der Waals surface area (Å²) >= 11 is 0. The van der Waals surface area contributed by atoms with E-state index in [4.69, 9.17) is 15.4 Å². The summed E-state index contributed by atoms with van der Waals surface area (Å²) in [4.78, 5) is 17.6. The van der Waals surface area contributed by atoms with E-state index < -0.39 is 5.91 Å². The first-order chi connectivity index (χ1) is 13.5. The van der Waals surface area contributed by atoms with E-state index in [1.54, 1.807) is 12.3 Å². The van der Waals surface area contributed by atoms with Gasteiger partial charge in [-0.15, -0.1) is 0 Å². The first-order valence-corrected chi connectivity index (χ1v) is 8.23. The third-order valence-electron chi connectivity index (χ3n) is 3.81. The van der Waals surface area contributed by atoms with Crippen molar-refractivity contribution < 1.29 is 23.2 Å². The summed E-state index contributed by atoms with van der Waals surface area (Å²) in [6.45, 7) is -0.0514. The van der Waals surface area contributed by atoms with E-state index in [9.17, 15) is 13.6 Å². The monoisotopic (exact) mass is 386 g/mol. The Morgan fingerprint density at radius 2 is 1.86 bits per heavy atom. The number of aliphatic hydroxyl groups excluding tert-OH is 1. The molecule has 28 heavy (non-hydrogen) atoms. The van der Waals surface area contributed by atoms with Crippen molar-refractivity contribution in [3.63, 3.8) is 0 Å². The number of benzene rings is 2. The average Bonchev–Trinajstić information content (AvgIpc) is 3.29. The standard InChI is InChI=1S/C12H10FN3O2.C7H6FNO/c13-7-1-2-10-8(5-7)9(6-14-10)12-15-11(3-4-17)18-16-12;8-6-3-1-5(2-4-6)7(9)10/h1-2,5-6,14,17H,3-4H2;1-4H,(H2,9,10). The molecule has 0 spiro atoms. The molecule has 2 aromatic heterocycles. The van der Waals surface area contributed by atoms with Gasteiger partial charge in [0.05, 0.1) is 13.0 Å². The van der Waals surface area contributed by atoms with Gasteiger partial charge in [-0.05, 0) is 42.5 Å². The Labute approximate surface area is 157 Å². The van der Waals surface area contributed by atoms with Gasteiger partial charge in [0.2, 0.25) is 17.6 Å². The van der Waals surface area contributed by atoms with Crippen LogP contribution in [-0.4, -0.2) is 32.7 Å². The second-order valence-corrected chi connectivity index (χ2v) is 5.75. The average molecular weight is 386 g/mol. The highest BCUT2D eigenvalue weighted by Gasteiger charge is 2.13. The molecule has 0 saturated heterocycles. The number of aromatic amines is 1. The van der Waals surface area contributed by atoms with Gasteiger partial charge in [-0.25, -0.2) is 8.78 Å². The van der Waals surface area contributed by atoms with Gasteiger partial charge in [-0.3, -0.25) is 4.79 Å². The van der Waals surface area contributed by atoms with Crippen molar-refractivity contribution in [3.05, 3.63) is 71.8 Å². The highest BCUT2D eigenvalue weighted by molar-refractivity contribution is 5.93. The third-order valence-corrected chi connectivity index (χ3v) is 3.81. The maximum Gasteiger partial charge on any atom is 0.248 e. The molecule has 4 N–H and O–H groups in total. The number of primary amides is 1. The maximum absolute atomic E-state index is 13.2. The Morgan fingerprint density at radius 1 is 1.14 bits per heavy atom. The smallest absolute Gasteiger partial charge is 0.248 e. The van der Waals surface area contributed by atoms with Crippen LogP contribution in [0.1, 0.15) is 16.2 Å². The quantitative estimate of drug-likeness (QED) is 0.498. The zero-order valence-corrected chi connectivity index (χ0v) is 14.5. The van der Waals surface area contributed by atoms with Crippen LogP contribution in [-0.2, 0) is 6.42 Å². The summed E-state index contributed by atoms with van der Waals surface area (Å²) in [6.07, 6.45) is 2.02. The Balaban J connectivity index is 0.000000192. The summed E-state index contributed by atoms with van der Waals surface area (Å²) in [6, 6.07) is 9.54. The molecule has 0 fully saturated rings. The molecule has 7 nitrogen and oxygen atoms in total. The SMILES string of the molecule is NC(=O)c1ccc(F)cc1.OCCc1nc(-c2c[nH]c3ccc(F)cc23)no1. The van der Waals surface area contributed by atoms with Gasteiger partial charge in [0.25, 0.3) is 0 Å². The number of aliphatic hydroxyl groups is 1. The Hall–Kier alpha value is -3.59. The highest BCUT2D eigenvalue weighted by Crippen LogP contribution is 2.27. The van der Waals surface area contributed by atoms with Crippen molar-refractivity contribution in [2.75, 3.05) is 6.61 Å². The van der Waals surface area contributed by atoms with Crippen molar-refractivity contribution >= 4 is 16.8 Å². The molecule has 2 aromatic carbocycles. The number of rotatable bonds is 4. The molecular formula is C19H16F2N4O3. The number of hydrogen-bond acceptors (Lipinski definition) is 5. The van der Waals surface area contributed by atoms with Crippen LogP contribution in [0.25, 0.3) is 22.3 Å². The topological polar surface area (TPSA) is 118 Å². The lowest BCUT2D eigenvalue weighted by atomic mass is 10.1. The summed E-state index contributed by atoms with van der Waals surface area (Å²) in [5, 5.41) is 13.3. The number of halogens is 2. The first-order valence-electron chi connectivity index (χ1n) is 8.23. The van der Waals surface area contributed by atoms with Gasteiger partial charge < -0.3 is 20.3 Å². The zero-order chi connectivity index (χ0) is 20.1. The number of fused-ring (bicyclic) bond motifs is 1. The molecule has 144 valence electrons. The fraction of sp³-hybridized carbons (Fsp3) is 0.105. The molecule has 0 saturated carbocycles. The lowest BCUT2D eigenvalue weighted by Crippen LogP contribution is -2.10. The number of H-pyrrole nitrogens is 1. The molecular weight excluding hydrogens is 370 g/mol. The number of nitrogens with zero attached hydrogens (tertiary/aromatic N) is 2. The van der Waals surface area contributed by atoms with Crippen LogP contribution in [0.15, 0.2) is 53.2 Å². The van der Waals surface area contributed by atoms with E-state index in [1.165, 1.54) is 36.4 Å². The van der Waals surface area contributed by atoms with Crippen molar-refractivity contribution in [2.45, 2.75) is 6.42 Å². The fourth-order valence-corrected chi connectivity index (χ4v) is 2.45. The lowest BCUT2D eigenvalue weighted by molar-refractivity contribution is 0.1000. The molecule has 0 aliphatic heterocycles. The van der Waals surface area contributed by atoms with Crippen LogP contribution in [0.3, 0.4) is 0 Å². The Kier molecular flexibility index (Phi) is 5.75. The Bertz CT molecular complexity index is 1090. The normalized spacial score (nSPS) is 10.5. The van der Waals surface area contributed by atoms with Gasteiger partial charge in [0.1, 0.15) is 11.6 Å². The summed E-state index contributed by atoms with van der Waals surface area (Å²) < 4.78 is 30.4. The summed E-state index contributed by atoms with van der Waals surface area (Å²) in [7, 11) is 0. The number of hydrogen-bond donors (Lipinski definition) is 3. The summed E-state index contributed by atoms with van der Waals surface area (Å²) in [5.74, 6) is -0.485. The summed E-state index contributed by atoms with van der Waals surface area (Å²) in [5.41, 5.74) is 6.71. The van der Waals surface area contributed by atoms with Crippen LogP contribution < -0.4 is 5.73 Å². The molecule has 0 aliphatic carbocycles. The molecule has 9 heteroatoms. The van der Waals surface area contributed by atoms with Gasteiger partial charge in [0.15, 0.2) is 0 Å². The molecule has 1 amide bonds. The largest absolute Gasteiger partial charge is 0.396 e. The van der Waals surface area contributed by atoms with Gasteiger partial charge in [-0.1, -0.05) is 5.16 Å². The predicted octanol–water partition coefficient (Wildman–Crippen LogP) is 2.82. The van der Waals surface area contributed by atoms with Crippen molar-refractivity contribution in [2.24, 2.45) is 5.73 Å². The molecule has 2 heterocycles. The maximum atomic E-state index is 13.2. The molecule has 0 aliphatic rings. The van der Waals surface area contributed by atoms with Crippen LogP contribution >= 0.6 is 0 Å². The minimum absolute atomic E-state index is 0.0514. The second kappa shape index (κ2) is 8.40. The lowest BCUT2D eigenvalue weighted by Gasteiger charge is -1.92. The molecule has 0 bridgehead atoms. The molecule has 0 radical (unpaired) electrons. The van der Waals surface area contributed by atoms with Crippen LogP contribution in [0.2, 0.25) is 0 Å². The highest BCUT2D eigenvalue weighted by atomic mass is 19.1. The number of amides is 1. The van der Waals surface area contributed by atoms with E-state index in [-0.39, 0.29) is 18.2 Å². The van der Waals surface area contributed by atoms with Crippen molar-refractivity contribution in [1.82, 2.24) is 15.1 Å². The molecule has 4 aromatic rings. The van der Waals surface area contributed by atoms with Gasteiger partial charge >= 0.3 is 0 Å². The molecule has 4 rings (SSSR count). The van der Waals surface area contributed by atoms with Crippen LogP contribution in [0, 0.1) is 11.6 Å². The molecule has 0 unspecified atom stereocenters. The van der Waals surface area contributed by atoms with Crippen molar-refractivity contribution in [3.8, 4) is 11.4 Å². The number of nitrogens with two attached hydrogens (primary N) is 1. The van der Waals surface area contributed by atoms with E-state index in [0.29, 0.717) is 34.6 Å². The fourth-order valence-electron chi connectivity index (χ4n) is 2.45. The minimum Gasteiger partial charge on any atom is -0.396 e. The number of carbonyl (C=O) groups is 1. The number of carbonyl (C=O) groups excluding carboxylic acids is 1. The number of aromatic nitrogens is 3. The molecule has 0 atom stereocenters. The third kappa shape index (κ3) is 4.38. The van der Waals surface area contributed by atoms with Gasteiger partial charge in [-0.2, -0.15) is 4.98 Å². The van der Waals surface area contributed by atoms with Gasteiger partial charge in [0, 0.05) is 28.2 Å². The van der Waals surface area contributed by atoms with E-state index in [2.05, 4.69) is 15.1 Å². The first kappa shape index (κ1) is 19.2. The zero-order valence-electron chi connectivity index (χ0n) is 14.5. The second-order valence-electron chi connectivity index (χ2n) is 5.75. The van der Waals surface area contributed by atoms with Crippen molar-refractivity contribution in [1.29, 1.82) is 0 Å². The minimum atomic E-state index is -0.542. The van der Waals surface area contributed by atoms with Crippen LogP contribution in [0.4, 0.5) is 8.78 Å². The Morgan fingerprint density at radius 3 is 2.54 bits per heavy atom. The van der Waals surface area contributed by atoms with E-state index in [0.717, 1.165) is 5.52 Å². The van der Waals surface area contributed by atoms with E-state index >= 15 is 0 Å². The van der Waals surface area contributed by atoms with E-state index in [1.807, 2.05) is 0 Å².